The molecule has 2 N–H and O–H groups in total. The first-order valence-electron chi connectivity index (χ1n) is 6.27. The van der Waals surface area contributed by atoms with E-state index in [0.29, 0.717) is 13.0 Å². The highest BCUT2D eigenvalue weighted by atomic mass is 16.6. The number of aliphatic hydroxyl groups is 1. The van der Waals surface area contributed by atoms with Crippen LogP contribution in [0.4, 0.5) is 5.82 Å². The average Bonchev–Trinajstić information content (AvgIpc) is 2.92. The van der Waals surface area contributed by atoms with E-state index in [1.54, 1.807) is 6.92 Å². The summed E-state index contributed by atoms with van der Waals surface area (Å²) in [6, 6.07) is 2.65. The summed E-state index contributed by atoms with van der Waals surface area (Å²) in [7, 11) is 1.45. The Morgan fingerprint density at radius 2 is 2.40 bits per heavy atom. The Labute approximate surface area is 115 Å². The van der Waals surface area contributed by atoms with Crippen molar-refractivity contribution in [2.45, 2.75) is 25.0 Å². The molecule has 0 spiro atoms. The number of nitro groups is 1. The van der Waals surface area contributed by atoms with Crippen LogP contribution in [0, 0.1) is 10.1 Å². The van der Waals surface area contributed by atoms with Crippen LogP contribution in [0.25, 0.3) is 0 Å². The number of rotatable bonds is 4. The maximum atomic E-state index is 12.0. The summed E-state index contributed by atoms with van der Waals surface area (Å²) in [4.78, 5) is 22.2. The van der Waals surface area contributed by atoms with Gasteiger partial charge in [-0.2, -0.15) is 0 Å². The van der Waals surface area contributed by atoms with E-state index in [-0.39, 0.29) is 24.2 Å². The van der Waals surface area contributed by atoms with Crippen LogP contribution in [0.1, 0.15) is 23.8 Å². The zero-order valence-electron chi connectivity index (χ0n) is 11.3. The van der Waals surface area contributed by atoms with E-state index in [1.807, 2.05) is 0 Å². The van der Waals surface area contributed by atoms with Crippen molar-refractivity contribution < 1.29 is 19.6 Å². The van der Waals surface area contributed by atoms with Crippen LogP contribution in [0.5, 0.6) is 0 Å². The van der Waals surface area contributed by atoms with Gasteiger partial charge in [0.2, 0.25) is 0 Å². The maximum absolute atomic E-state index is 12.0. The number of nitrogens with one attached hydrogen (secondary N) is 1. The van der Waals surface area contributed by atoms with Gasteiger partial charge in [-0.15, -0.1) is 0 Å². The molecule has 0 saturated carbocycles. The number of hydrogen-bond donors (Lipinski definition) is 2. The zero-order chi connectivity index (χ0) is 14.9. The molecule has 0 bridgehead atoms. The zero-order valence-corrected chi connectivity index (χ0v) is 11.3. The molecule has 0 radical (unpaired) electrons. The third kappa shape index (κ3) is 2.52. The fraction of sp³-hybridized carbons (Fsp3) is 0.583. The van der Waals surface area contributed by atoms with E-state index in [0.717, 1.165) is 0 Å². The summed E-state index contributed by atoms with van der Waals surface area (Å²) in [5.41, 5.74) is -0.917. The van der Waals surface area contributed by atoms with Crippen molar-refractivity contribution in [3.05, 3.63) is 27.9 Å². The van der Waals surface area contributed by atoms with Crippen LogP contribution in [-0.4, -0.2) is 45.4 Å². The van der Waals surface area contributed by atoms with Gasteiger partial charge in [0.05, 0.1) is 13.2 Å². The predicted molar refractivity (Wildman–Crippen MR) is 69.4 cm³/mol. The van der Waals surface area contributed by atoms with Gasteiger partial charge >= 0.3 is 5.82 Å². The fourth-order valence-electron chi connectivity index (χ4n) is 2.24. The number of aromatic nitrogens is 1. The quantitative estimate of drug-likeness (QED) is 0.606. The van der Waals surface area contributed by atoms with Crippen molar-refractivity contribution in [2.24, 2.45) is 7.05 Å². The molecule has 8 heteroatoms. The lowest BCUT2D eigenvalue weighted by Crippen LogP contribution is -2.47. The normalized spacial score (nSPS) is 25.6. The molecule has 2 rings (SSSR count). The van der Waals surface area contributed by atoms with Gasteiger partial charge in [0.15, 0.2) is 5.69 Å². The van der Waals surface area contributed by atoms with Crippen LogP contribution in [0.2, 0.25) is 0 Å². The molecular formula is C12H17N3O5. The molecule has 0 aromatic carbocycles. The molecule has 1 aliphatic rings. The second kappa shape index (κ2) is 5.22. The monoisotopic (exact) mass is 283 g/mol. The van der Waals surface area contributed by atoms with Gasteiger partial charge in [-0.1, -0.05) is 0 Å². The smallest absolute Gasteiger partial charge is 0.323 e. The minimum Gasteiger partial charge on any atom is -0.385 e. The molecular weight excluding hydrogens is 266 g/mol. The highest BCUT2D eigenvalue weighted by Crippen LogP contribution is 2.25. The highest BCUT2D eigenvalue weighted by Gasteiger charge is 2.40. The Balaban J connectivity index is 2.04. The second-order valence-electron chi connectivity index (χ2n) is 4.94. The Kier molecular flexibility index (Phi) is 3.78. The topological polar surface area (TPSA) is 107 Å². The molecule has 1 amide bonds. The number of hydrogen-bond acceptors (Lipinski definition) is 5. The number of carbonyl (C=O) groups is 1. The second-order valence-corrected chi connectivity index (χ2v) is 4.94. The van der Waals surface area contributed by atoms with Gasteiger partial charge in [0, 0.05) is 25.6 Å². The molecule has 1 aromatic heterocycles. The van der Waals surface area contributed by atoms with Gasteiger partial charge in [0.25, 0.3) is 5.91 Å². The van der Waals surface area contributed by atoms with E-state index >= 15 is 0 Å². The number of amides is 1. The summed E-state index contributed by atoms with van der Waals surface area (Å²) >= 11 is 0. The molecule has 2 atom stereocenters. The number of ether oxygens (including phenoxy) is 1. The fourth-order valence-corrected chi connectivity index (χ4v) is 2.24. The van der Waals surface area contributed by atoms with Gasteiger partial charge in [-0.3, -0.25) is 4.79 Å². The van der Waals surface area contributed by atoms with Gasteiger partial charge in [0.1, 0.15) is 5.60 Å². The van der Waals surface area contributed by atoms with E-state index in [9.17, 15) is 20.0 Å². The molecule has 0 aliphatic carbocycles. The number of carbonyl (C=O) groups excluding carboxylic acids is 1. The third-order valence-corrected chi connectivity index (χ3v) is 3.73. The minimum absolute atomic E-state index is 0.0476. The van der Waals surface area contributed by atoms with E-state index in [2.05, 4.69) is 5.32 Å². The van der Waals surface area contributed by atoms with Crippen molar-refractivity contribution in [3.63, 3.8) is 0 Å². The van der Waals surface area contributed by atoms with Crippen LogP contribution in [-0.2, 0) is 11.8 Å². The van der Waals surface area contributed by atoms with Gasteiger partial charge in [-0.25, -0.2) is 4.57 Å². The Bertz CT molecular complexity index is 541. The molecule has 1 saturated heterocycles. The van der Waals surface area contributed by atoms with Crippen molar-refractivity contribution in [1.82, 2.24) is 9.88 Å². The van der Waals surface area contributed by atoms with Crippen molar-refractivity contribution in [3.8, 4) is 0 Å². The molecule has 1 aliphatic heterocycles. The lowest BCUT2D eigenvalue weighted by molar-refractivity contribution is -0.391. The third-order valence-electron chi connectivity index (χ3n) is 3.73. The first-order valence-corrected chi connectivity index (χ1v) is 6.27. The summed E-state index contributed by atoms with van der Waals surface area (Å²) in [5, 5.41) is 23.6. The minimum atomic E-state index is -1.09. The van der Waals surface area contributed by atoms with E-state index in [1.165, 1.54) is 23.7 Å². The van der Waals surface area contributed by atoms with E-state index < -0.39 is 16.4 Å². The summed E-state index contributed by atoms with van der Waals surface area (Å²) in [5.74, 6) is -0.625. The summed E-state index contributed by atoms with van der Waals surface area (Å²) in [6.07, 6.45) is 0.0902. The standard InChI is InChI=1S/C12H17N3O5/c1-8-12(17,5-6-20-8)7-13-11(16)9-3-4-10(14(9)2)15(18)19/h3-4,8,17H,5-7H2,1-2H3,(H,13,16). The first kappa shape index (κ1) is 14.5. The maximum Gasteiger partial charge on any atom is 0.323 e. The summed E-state index contributed by atoms with van der Waals surface area (Å²) < 4.78 is 6.47. The predicted octanol–water partition coefficient (Wildman–Crippen LogP) is 0.203. The highest BCUT2D eigenvalue weighted by molar-refractivity contribution is 5.93. The molecule has 1 aromatic rings. The Morgan fingerprint density at radius 1 is 1.70 bits per heavy atom. The molecule has 2 heterocycles. The molecule has 2 unspecified atom stereocenters. The molecule has 110 valence electrons. The lowest BCUT2D eigenvalue weighted by atomic mass is 9.97. The van der Waals surface area contributed by atoms with Gasteiger partial charge in [-0.05, 0) is 17.9 Å². The van der Waals surface area contributed by atoms with Crippen molar-refractivity contribution in [1.29, 1.82) is 0 Å². The SMILES string of the molecule is CC1OCCC1(O)CNC(=O)c1ccc([N+](=O)[O-])n1C. The van der Waals surface area contributed by atoms with Crippen molar-refractivity contribution in [2.75, 3.05) is 13.2 Å². The van der Waals surface area contributed by atoms with E-state index in [4.69, 9.17) is 4.74 Å². The largest absolute Gasteiger partial charge is 0.385 e. The number of nitrogens with zero attached hydrogens (tertiary/aromatic N) is 2. The van der Waals surface area contributed by atoms with Crippen LogP contribution in [0.3, 0.4) is 0 Å². The molecule has 20 heavy (non-hydrogen) atoms. The molecule has 8 nitrogen and oxygen atoms in total. The lowest BCUT2D eigenvalue weighted by Gasteiger charge is -2.25. The Hall–Kier alpha value is -1.93. The van der Waals surface area contributed by atoms with Crippen LogP contribution in [0.15, 0.2) is 12.1 Å². The first-order chi connectivity index (χ1) is 9.35. The Morgan fingerprint density at radius 3 is 2.90 bits per heavy atom. The summed E-state index contributed by atoms with van der Waals surface area (Å²) in [6.45, 7) is 2.24. The molecule has 1 fully saturated rings. The van der Waals surface area contributed by atoms with Crippen LogP contribution < -0.4 is 5.32 Å². The van der Waals surface area contributed by atoms with Crippen molar-refractivity contribution >= 4 is 11.7 Å². The van der Waals surface area contributed by atoms with Gasteiger partial charge < -0.3 is 25.3 Å². The average molecular weight is 283 g/mol. The van der Waals surface area contributed by atoms with Crippen LogP contribution >= 0.6 is 0 Å².